The summed E-state index contributed by atoms with van der Waals surface area (Å²) >= 11 is 5.78. The molecule has 8 heteroatoms. The number of carbonyl (C=O) groups is 1. The molecule has 2 aromatic heterocycles. The standard InChI is InChI=1S/C10H11ClN6O/c1-6-3-8(11)15-10(14-6)16-9(18)7(2)17-5-12-4-13-17/h3-5,7H,1-2H3,(H,14,15,16,18). The molecule has 0 saturated heterocycles. The Labute approximate surface area is 108 Å². The highest BCUT2D eigenvalue weighted by atomic mass is 35.5. The Bertz CT molecular complexity index is 535. The zero-order valence-corrected chi connectivity index (χ0v) is 10.6. The van der Waals surface area contributed by atoms with E-state index in [-0.39, 0.29) is 17.0 Å². The molecule has 1 unspecified atom stereocenters. The van der Waals surface area contributed by atoms with Gasteiger partial charge in [-0.1, -0.05) is 11.6 Å². The van der Waals surface area contributed by atoms with E-state index in [9.17, 15) is 4.79 Å². The predicted molar refractivity (Wildman–Crippen MR) is 65.1 cm³/mol. The quantitative estimate of drug-likeness (QED) is 0.845. The Kier molecular flexibility index (Phi) is 3.52. The number of hydrogen-bond donors (Lipinski definition) is 1. The average molecular weight is 267 g/mol. The molecule has 0 bridgehead atoms. The number of amides is 1. The maximum Gasteiger partial charge on any atom is 0.251 e. The number of aryl methyl sites for hydroxylation is 1. The third-order valence-corrected chi connectivity index (χ3v) is 2.46. The van der Waals surface area contributed by atoms with Crippen LogP contribution in [-0.2, 0) is 4.79 Å². The molecule has 0 fully saturated rings. The van der Waals surface area contributed by atoms with E-state index in [2.05, 4.69) is 25.4 Å². The van der Waals surface area contributed by atoms with Gasteiger partial charge in [-0.15, -0.1) is 0 Å². The van der Waals surface area contributed by atoms with Gasteiger partial charge in [0.25, 0.3) is 5.91 Å². The zero-order valence-electron chi connectivity index (χ0n) is 9.83. The Morgan fingerprint density at radius 3 is 2.89 bits per heavy atom. The lowest BCUT2D eigenvalue weighted by Gasteiger charge is -2.11. The molecule has 0 aliphatic carbocycles. The van der Waals surface area contributed by atoms with Crippen molar-refractivity contribution >= 4 is 23.5 Å². The molecule has 94 valence electrons. The van der Waals surface area contributed by atoms with Gasteiger partial charge in [0.2, 0.25) is 5.95 Å². The van der Waals surface area contributed by atoms with E-state index < -0.39 is 6.04 Å². The van der Waals surface area contributed by atoms with Gasteiger partial charge in [0.1, 0.15) is 23.8 Å². The van der Waals surface area contributed by atoms with Gasteiger partial charge < -0.3 is 0 Å². The summed E-state index contributed by atoms with van der Waals surface area (Å²) in [5, 5.41) is 6.75. The second-order valence-electron chi connectivity index (χ2n) is 3.70. The lowest BCUT2D eigenvalue weighted by atomic mass is 10.3. The number of carbonyl (C=O) groups excluding carboxylic acids is 1. The Hall–Kier alpha value is -2.02. The molecule has 0 aliphatic rings. The fourth-order valence-electron chi connectivity index (χ4n) is 1.34. The van der Waals surface area contributed by atoms with Gasteiger partial charge in [-0.3, -0.25) is 10.1 Å². The second-order valence-corrected chi connectivity index (χ2v) is 4.08. The summed E-state index contributed by atoms with van der Waals surface area (Å²) in [6.07, 6.45) is 2.83. The first-order chi connectivity index (χ1) is 8.56. The van der Waals surface area contributed by atoms with Crippen molar-refractivity contribution in [2.45, 2.75) is 19.9 Å². The molecule has 18 heavy (non-hydrogen) atoms. The molecular formula is C10H11ClN6O. The topological polar surface area (TPSA) is 85.6 Å². The summed E-state index contributed by atoms with van der Waals surface area (Å²) in [5.74, 6) is -0.112. The SMILES string of the molecule is Cc1cc(Cl)nc(NC(=O)C(C)n2cncn2)n1. The summed E-state index contributed by atoms with van der Waals surface area (Å²) in [6, 6.07) is 1.10. The van der Waals surface area contributed by atoms with Crippen LogP contribution in [0.15, 0.2) is 18.7 Å². The first-order valence-electron chi connectivity index (χ1n) is 5.22. The molecule has 7 nitrogen and oxygen atoms in total. The van der Waals surface area contributed by atoms with Crippen molar-refractivity contribution in [2.75, 3.05) is 5.32 Å². The molecule has 0 saturated carbocycles. The van der Waals surface area contributed by atoms with Gasteiger partial charge in [0, 0.05) is 5.69 Å². The monoisotopic (exact) mass is 266 g/mol. The summed E-state index contributed by atoms with van der Waals surface area (Å²) in [7, 11) is 0. The normalized spacial score (nSPS) is 12.2. The van der Waals surface area contributed by atoms with Crippen LogP contribution in [0.25, 0.3) is 0 Å². The molecular weight excluding hydrogens is 256 g/mol. The molecule has 2 aromatic rings. The first-order valence-corrected chi connectivity index (χ1v) is 5.60. The van der Waals surface area contributed by atoms with E-state index in [0.29, 0.717) is 5.69 Å². The first kappa shape index (κ1) is 12.4. The van der Waals surface area contributed by atoms with Crippen molar-refractivity contribution in [1.82, 2.24) is 24.7 Å². The zero-order chi connectivity index (χ0) is 13.1. The predicted octanol–water partition coefficient (Wildman–Crippen LogP) is 1.23. The van der Waals surface area contributed by atoms with Gasteiger partial charge in [-0.2, -0.15) is 5.10 Å². The van der Waals surface area contributed by atoms with E-state index >= 15 is 0 Å². The number of hydrogen-bond acceptors (Lipinski definition) is 5. The van der Waals surface area contributed by atoms with Crippen LogP contribution in [0, 0.1) is 6.92 Å². The molecule has 2 rings (SSSR count). The third kappa shape index (κ3) is 2.80. The van der Waals surface area contributed by atoms with Crippen molar-refractivity contribution in [1.29, 1.82) is 0 Å². The Balaban J connectivity index is 2.11. The van der Waals surface area contributed by atoms with E-state index in [1.54, 1.807) is 19.9 Å². The second kappa shape index (κ2) is 5.09. The van der Waals surface area contributed by atoms with Crippen molar-refractivity contribution in [3.05, 3.63) is 29.6 Å². The summed E-state index contributed by atoms with van der Waals surface area (Å²) in [5.41, 5.74) is 0.679. The van der Waals surface area contributed by atoms with E-state index in [4.69, 9.17) is 11.6 Å². The molecule has 0 aromatic carbocycles. The van der Waals surface area contributed by atoms with Crippen LogP contribution in [0.1, 0.15) is 18.7 Å². The average Bonchev–Trinajstić information content (AvgIpc) is 2.79. The van der Waals surface area contributed by atoms with Crippen molar-refractivity contribution in [2.24, 2.45) is 0 Å². The minimum Gasteiger partial charge on any atom is -0.293 e. The summed E-state index contributed by atoms with van der Waals surface area (Å²) in [6.45, 7) is 3.46. The lowest BCUT2D eigenvalue weighted by Crippen LogP contribution is -2.25. The van der Waals surface area contributed by atoms with Gasteiger partial charge in [0.15, 0.2) is 0 Å². The van der Waals surface area contributed by atoms with E-state index in [0.717, 1.165) is 0 Å². The minimum absolute atomic E-state index is 0.178. The van der Waals surface area contributed by atoms with Crippen molar-refractivity contribution < 1.29 is 4.79 Å². The smallest absolute Gasteiger partial charge is 0.251 e. The minimum atomic E-state index is -0.504. The molecule has 0 radical (unpaired) electrons. The highest BCUT2D eigenvalue weighted by Crippen LogP contribution is 2.11. The maximum absolute atomic E-state index is 11.9. The molecule has 1 amide bonds. The van der Waals surface area contributed by atoms with Crippen LogP contribution < -0.4 is 5.32 Å². The molecule has 0 spiro atoms. The number of aromatic nitrogens is 5. The van der Waals surface area contributed by atoms with Gasteiger partial charge >= 0.3 is 0 Å². The number of halogens is 1. The molecule has 1 N–H and O–H groups in total. The highest BCUT2D eigenvalue weighted by Gasteiger charge is 2.16. The number of anilines is 1. The van der Waals surface area contributed by atoms with Crippen molar-refractivity contribution in [3.8, 4) is 0 Å². The van der Waals surface area contributed by atoms with E-state index in [1.807, 2.05) is 0 Å². The Morgan fingerprint density at radius 1 is 1.50 bits per heavy atom. The summed E-state index contributed by atoms with van der Waals surface area (Å²) in [4.78, 5) is 23.7. The number of nitrogens with zero attached hydrogens (tertiary/aromatic N) is 5. The fourth-order valence-corrected chi connectivity index (χ4v) is 1.58. The van der Waals surface area contributed by atoms with Crippen LogP contribution in [0.4, 0.5) is 5.95 Å². The van der Waals surface area contributed by atoms with Gasteiger partial charge in [0.05, 0.1) is 0 Å². The van der Waals surface area contributed by atoms with Gasteiger partial charge in [-0.05, 0) is 19.9 Å². The highest BCUT2D eigenvalue weighted by molar-refractivity contribution is 6.29. The molecule has 0 aliphatic heterocycles. The molecule has 1 atom stereocenters. The van der Waals surface area contributed by atoms with E-state index in [1.165, 1.54) is 17.3 Å². The number of nitrogens with one attached hydrogen (secondary N) is 1. The van der Waals surface area contributed by atoms with Crippen molar-refractivity contribution in [3.63, 3.8) is 0 Å². The van der Waals surface area contributed by atoms with Gasteiger partial charge in [-0.25, -0.2) is 19.6 Å². The maximum atomic E-state index is 11.9. The lowest BCUT2D eigenvalue weighted by molar-refractivity contribution is -0.119. The number of rotatable bonds is 3. The van der Waals surface area contributed by atoms with Crippen LogP contribution in [0.5, 0.6) is 0 Å². The third-order valence-electron chi connectivity index (χ3n) is 2.27. The fraction of sp³-hybridized carbons (Fsp3) is 0.300. The Morgan fingerprint density at radius 2 is 2.28 bits per heavy atom. The largest absolute Gasteiger partial charge is 0.293 e. The van der Waals surface area contributed by atoms with Crippen LogP contribution in [-0.4, -0.2) is 30.6 Å². The van der Waals surface area contributed by atoms with Crippen LogP contribution in [0.3, 0.4) is 0 Å². The molecule has 2 heterocycles. The van der Waals surface area contributed by atoms with Crippen LogP contribution in [0.2, 0.25) is 5.15 Å². The summed E-state index contributed by atoms with van der Waals surface area (Å²) < 4.78 is 1.44. The van der Waals surface area contributed by atoms with Crippen LogP contribution >= 0.6 is 11.6 Å².